The highest BCUT2D eigenvalue weighted by atomic mass is 32.2. The van der Waals surface area contributed by atoms with Crippen molar-refractivity contribution in [1.82, 2.24) is 19.7 Å². The van der Waals surface area contributed by atoms with E-state index in [9.17, 15) is 10.0 Å². The molecule has 0 aliphatic carbocycles. The maximum absolute atomic E-state index is 13.5. The van der Waals surface area contributed by atoms with Gasteiger partial charge in [-0.1, -0.05) is 23.8 Å². The van der Waals surface area contributed by atoms with Crippen molar-refractivity contribution in [3.8, 4) is 0 Å². The van der Waals surface area contributed by atoms with Crippen molar-refractivity contribution in [2.45, 2.75) is 49.3 Å². The second kappa shape index (κ2) is 8.28. The highest BCUT2D eigenvalue weighted by Crippen LogP contribution is 2.36. The van der Waals surface area contributed by atoms with E-state index in [0.717, 1.165) is 30.1 Å². The first-order valence-electron chi connectivity index (χ1n) is 8.55. The normalized spacial score (nSPS) is 30.0. The van der Waals surface area contributed by atoms with E-state index in [1.54, 1.807) is 0 Å². The minimum absolute atomic E-state index is 0.0844. The summed E-state index contributed by atoms with van der Waals surface area (Å²) in [6, 6.07) is 0. The van der Waals surface area contributed by atoms with Gasteiger partial charge >= 0.3 is 11.1 Å². The average Bonchev–Trinajstić information content (AvgIpc) is 3.30. The molecule has 2 aliphatic heterocycles. The zero-order chi connectivity index (χ0) is 17.9. The fourth-order valence-corrected chi connectivity index (χ4v) is 4.54. The fraction of sp³-hybridized carbons (Fsp3) is 0.800. The maximum Gasteiger partial charge on any atom is 0.313 e. The Labute approximate surface area is 155 Å². The Morgan fingerprint density at radius 2 is 2.40 bits per heavy atom. The first kappa shape index (κ1) is 19.0. The van der Waals surface area contributed by atoms with Crippen LogP contribution in [0.1, 0.15) is 32.6 Å². The van der Waals surface area contributed by atoms with Gasteiger partial charge < -0.3 is 14.7 Å². The van der Waals surface area contributed by atoms with Gasteiger partial charge in [0.05, 0.1) is 19.1 Å². The Bertz CT molecular complexity index is 596. The summed E-state index contributed by atoms with van der Waals surface area (Å²) in [5.74, 6) is -0.372. The van der Waals surface area contributed by atoms with Crippen molar-refractivity contribution in [2.24, 2.45) is 0 Å². The summed E-state index contributed by atoms with van der Waals surface area (Å²) in [5, 5.41) is 21.9. The molecular weight excluding hydrogens is 364 g/mol. The van der Waals surface area contributed by atoms with Crippen molar-refractivity contribution in [1.29, 1.82) is 0 Å². The monoisotopic (exact) mass is 388 g/mol. The number of esters is 1. The molecule has 2 saturated heterocycles. The van der Waals surface area contributed by atoms with Crippen molar-refractivity contribution < 1.29 is 14.3 Å². The molecule has 3 unspecified atom stereocenters. The molecule has 0 aromatic carbocycles. The van der Waals surface area contributed by atoms with E-state index in [1.165, 1.54) is 23.1 Å². The van der Waals surface area contributed by atoms with Gasteiger partial charge in [0.25, 0.3) is 6.23 Å². The number of carbonyl (C=O) groups excluding carboxylic acids is 1. The zero-order valence-electron chi connectivity index (χ0n) is 14.5. The zero-order valence-corrected chi connectivity index (χ0v) is 16.2. The van der Waals surface area contributed by atoms with Crippen LogP contribution in [0.2, 0.25) is 0 Å². The lowest BCUT2D eigenvalue weighted by Crippen LogP contribution is -2.51. The van der Waals surface area contributed by atoms with Gasteiger partial charge in [-0.3, -0.25) is 9.44 Å². The topological polar surface area (TPSA) is 87.6 Å². The van der Waals surface area contributed by atoms with E-state index in [1.807, 2.05) is 11.2 Å². The number of quaternary nitrogens is 1. The van der Waals surface area contributed by atoms with E-state index < -0.39 is 10.9 Å². The minimum Gasteiger partial charge on any atom is -0.622 e. The van der Waals surface area contributed by atoms with Crippen molar-refractivity contribution >= 4 is 34.2 Å². The molecule has 3 atom stereocenters. The Morgan fingerprint density at radius 3 is 3.04 bits per heavy atom. The van der Waals surface area contributed by atoms with Crippen LogP contribution >= 0.6 is 23.1 Å². The fourth-order valence-electron chi connectivity index (χ4n) is 3.21. The average molecular weight is 389 g/mol. The number of aromatic nitrogens is 2. The number of thioether (sulfide) groups is 1. The molecular formula is C15H24N4O4S2. The van der Waals surface area contributed by atoms with Crippen LogP contribution in [0.25, 0.3) is 0 Å². The molecule has 140 valence electrons. The summed E-state index contributed by atoms with van der Waals surface area (Å²) in [6.07, 6.45) is 3.98. The van der Waals surface area contributed by atoms with Gasteiger partial charge in [-0.15, -0.1) is 5.10 Å². The minimum atomic E-state index is -0.803. The van der Waals surface area contributed by atoms with E-state index in [-0.39, 0.29) is 25.2 Å². The Balaban J connectivity index is 1.72. The first-order valence-corrected chi connectivity index (χ1v) is 10.6. The molecule has 1 aromatic heterocycles. The standard InChI is InChI=1S/C15H24N4O4S2/c1-3-6-18-9-12(23-13(20)8-11-5-4-7-22-11)19(21,10-18)14-16-17-15(24-2)25-14/h11-12H,3-10H2,1-2H3. The maximum atomic E-state index is 13.5. The van der Waals surface area contributed by atoms with E-state index >= 15 is 0 Å². The van der Waals surface area contributed by atoms with Crippen LogP contribution in [0.15, 0.2) is 4.34 Å². The van der Waals surface area contributed by atoms with Crippen molar-refractivity contribution in [3.63, 3.8) is 0 Å². The molecule has 8 nitrogen and oxygen atoms in total. The molecule has 0 radical (unpaired) electrons. The molecule has 0 amide bonds. The van der Waals surface area contributed by atoms with E-state index in [4.69, 9.17) is 9.47 Å². The number of ether oxygens (including phenoxy) is 2. The third-order valence-corrected chi connectivity index (χ3v) is 6.42. The van der Waals surface area contributed by atoms with E-state index in [0.29, 0.717) is 18.3 Å². The van der Waals surface area contributed by atoms with Gasteiger partial charge in [0.2, 0.25) is 0 Å². The largest absolute Gasteiger partial charge is 0.622 e. The van der Waals surface area contributed by atoms with Gasteiger partial charge in [-0.25, -0.2) is 4.90 Å². The molecule has 1 aromatic rings. The summed E-state index contributed by atoms with van der Waals surface area (Å²) >= 11 is 2.72. The smallest absolute Gasteiger partial charge is 0.313 e. The number of hydrogen-bond donors (Lipinski definition) is 0. The lowest BCUT2D eigenvalue weighted by molar-refractivity contribution is -0.155. The van der Waals surface area contributed by atoms with Gasteiger partial charge in [0.15, 0.2) is 4.34 Å². The molecule has 3 rings (SSSR count). The van der Waals surface area contributed by atoms with Gasteiger partial charge in [0.1, 0.15) is 6.67 Å². The molecule has 0 saturated carbocycles. The molecule has 2 fully saturated rings. The first-order chi connectivity index (χ1) is 12.0. The van der Waals surface area contributed by atoms with Crippen LogP contribution < -0.4 is 4.65 Å². The number of nitrogens with zero attached hydrogens (tertiary/aromatic N) is 4. The number of carbonyl (C=O) groups is 1. The molecule has 25 heavy (non-hydrogen) atoms. The number of rotatable bonds is 7. The van der Waals surface area contributed by atoms with Crippen LogP contribution in [-0.4, -0.2) is 66.0 Å². The number of hydroxylamine groups is 2. The van der Waals surface area contributed by atoms with Crippen molar-refractivity contribution in [3.05, 3.63) is 5.21 Å². The van der Waals surface area contributed by atoms with Crippen LogP contribution in [0.4, 0.5) is 5.13 Å². The summed E-state index contributed by atoms with van der Waals surface area (Å²) in [6.45, 7) is 4.19. The van der Waals surface area contributed by atoms with Crippen LogP contribution in [0.3, 0.4) is 0 Å². The summed E-state index contributed by atoms with van der Waals surface area (Å²) in [4.78, 5) is 14.3. The molecule has 0 bridgehead atoms. The van der Waals surface area contributed by atoms with Crippen LogP contribution in [0.5, 0.6) is 0 Å². The summed E-state index contributed by atoms with van der Waals surface area (Å²) in [5.41, 5.74) is 0. The van der Waals surface area contributed by atoms with Crippen molar-refractivity contribution in [2.75, 3.05) is 32.6 Å². The summed E-state index contributed by atoms with van der Waals surface area (Å²) in [7, 11) is 0. The highest BCUT2D eigenvalue weighted by molar-refractivity contribution is 8.00. The van der Waals surface area contributed by atoms with Gasteiger partial charge in [-0.05, 0) is 36.9 Å². The molecule has 3 heterocycles. The second-order valence-corrected chi connectivity index (χ2v) is 8.36. The number of hydrogen-bond acceptors (Lipinski definition) is 9. The lowest BCUT2D eigenvalue weighted by atomic mass is 10.2. The Hall–Kier alpha value is -0.780. The molecule has 0 spiro atoms. The van der Waals surface area contributed by atoms with E-state index in [2.05, 4.69) is 17.1 Å². The second-order valence-electron chi connectivity index (χ2n) is 6.35. The third kappa shape index (κ3) is 4.32. The Kier molecular flexibility index (Phi) is 6.29. The van der Waals surface area contributed by atoms with Crippen LogP contribution in [-0.2, 0) is 14.3 Å². The third-order valence-electron chi connectivity index (χ3n) is 4.41. The Morgan fingerprint density at radius 1 is 1.56 bits per heavy atom. The SMILES string of the molecule is CCCN1CC(OC(=O)CC2CCCO2)[N+]([O-])(c2nnc(SC)s2)C1. The predicted octanol–water partition coefficient (Wildman–Crippen LogP) is 2.19. The molecule has 10 heteroatoms. The summed E-state index contributed by atoms with van der Waals surface area (Å²) < 4.78 is 11.0. The van der Waals surface area contributed by atoms with Crippen LogP contribution in [0, 0.1) is 5.21 Å². The quantitative estimate of drug-likeness (QED) is 0.304. The molecule has 0 N–H and O–H groups in total. The lowest BCUT2D eigenvalue weighted by Gasteiger charge is -2.38. The molecule has 2 aliphatic rings. The predicted molar refractivity (Wildman–Crippen MR) is 97.1 cm³/mol. The van der Waals surface area contributed by atoms with Gasteiger partial charge in [0, 0.05) is 13.2 Å². The van der Waals surface area contributed by atoms with Gasteiger partial charge in [-0.2, -0.15) is 0 Å². The highest BCUT2D eigenvalue weighted by Gasteiger charge is 2.46.